The first-order chi connectivity index (χ1) is 8.50. The molecule has 9 heteroatoms. The summed E-state index contributed by atoms with van der Waals surface area (Å²) >= 11 is 1.33. The van der Waals surface area contributed by atoms with Gasteiger partial charge in [0.2, 0.25) is 5.13 Å². The van der Waals surface area contributed by atoms with Gasteiger partial charge in [0.25, 0.3) is 0 Å². The molecular weight excluding hydrogens is 276 g/mol. The van der Waals surface area contributed by atoms with Crippen molar-refractivity contribution < 1.29 is 13.2 Å². The lowest BCUT2D eigenvalue weighted by molar-refractivity contribution is 0.251. The van der Waals surface area contributed by atoms with Crippen molar-refractivity contribution in [2.45, 2.75) is 25.4 Å². The molecule has 2 saturated heterocycles. The van der Waals surface area contributed by atoms with Gasteiger partial charge < -0.3 is 5.32 Å². The number of aromatic nitrogens is 2. The predicted molar refractivity (Wildman–Crippen MR) is 66.5 cm³/mol. The van der Waals surface area contributed by atoms with Crippen molar-refractivity contribution in [3.05, 3.63) is 5.01 Å². The van der Waals surface area contributed by atoms with Crippen molar-refractivity contribution in [3.8, 4) is 0 Å². The Balaban J connectivity index is 1.94. The molecule has 3 rings (SSSR count). The molecule has 0 aliphatic carbocycles. The first kappa shape index (κ1) is 11.8. The van der Waals surface area contributed by atoms with Crippen molar-refractivity contribution in [1.29, 1.82) is 0 Å². The zero-order valence-corrected chi connectivity index (χ0v) is 11.3. The Hall–Kier alpha value is -1.22. The van der Waals surface area contributed by atoms with Crippen molar-refractivity contribution in [1.82, 2.24) is 15.5 Å². The number of amides is 2. The highest BCUT2D eigenvalue weighted by molar-refractivity contribution is 7.91. The highest BCUT2D eigenvalue weighted by atomic mass is 32.2. The van der Waals surface area contributed by atoms with E-state index in [2.05, 4.69) is 15.5 Å². The number of sulfone groups is 1. The Bertz CT molecular complexity index is 597. The van der Waals surface area contributed by atoms with Crippen LogP contribution in [-0.4, -0.2) is 48.2 Å². The second-order valence-corrected chi connectivity index (χ2v) is 7.60. The molecule has 0 bridgehead atoms. The first-order valence-electron chi connectivity index (χ1n) is 5.62. The lowest BCUT2D eigenvalue weighted by Gasteiger charge is -2.16. The number of anilines is 1. The van der Waals surface area contributed by atoms with Gasteiger partial charge in [-0.3, -0.25) is 4.90 Å². The van der Waals surface area contributed by atoms with Crippen LogP contribution in [0.25, 0.3) is 0 Å². The van der Waals surface area contributed by atoms with Crippen molar-refractivity contribution in [2.24, 2.45) is 0 Å². The van der Waals surface area contributed by atoms with Crippen LogP contribution in [0.4, 0.5) is 9.93 Å². The van der Waals surface area contributed by atoms with Crippen LogP contribution in [0, 0.1) is 0 Å². The molecule has 2 fully saturated rings. The van der Waals surface area contributed by atoms with E-state index in [-0.39, 0.29) is 29.6 Å². The summed E-state index contributed by atoms with van der Waals surface area (Å²) in [4.78, 5) is 13.3. The number of nitrogens with zero attached hydrogens (tertiary/aromatic N) is 3. The number of carbonyl (C=O) groups excluding carboxylic acids is 1. The maximum atomic E-state index is 11.9. The molecular formula is C9H12N4O3S2. The van der Waals surface area contributed by atoms with E-state index in [0.29, 0.717) is 5.13 Å². The van der Waals surface area contributed by atoms with Crippen LogP contribution in [-0.2, 0) is 16.3 Å². The highest BCUT2D eigenvalue weighted by Gasteiger charge is 2.50. The fourth-order valence-corrected chi connectivity index (χ4v) is 5.04. The summed E-state index contributed by atoms with van der Waals surface area (Å²) in [6.07, 6.45) is 0.750. The van der Waals surface area contributed by atoms with E-state index < -0.39 is 9.84 Å². The van der Waals surface area contributed by atoms with Crippen molar-refractivity contribution in [2.75, 3.05) is 16.4 Å². The lowest BCUT2D eigenvalue weighted by atomic mass is 10.2. The summed E-state index contributed by atoms with van der Waals surface area (Å²) < 4.78 is 23.2. The molecule has 2 aliphatic heterocycles. The van der Waals surface area contributed by atoms with Crippen LogP contribution in [0.5, 0.6) is 0 Å². The third-order valence-corrected chi connectivity index (χ3v) is 5.93. The normalized spacial score (nSPS) is 29.4. The van der Waals surface area contributed by atoms with E-state index in [0.717, 1.165) is 11.4 Å². The molecule has 2 aliphatic rings. The van der Waals surface area contributed by atoms with E-state index in [4.69, 9.17) is 0 Å². The third kappa shape index (κ3) is 1.77. The average molecular weight is 288 g/mol. The number of hydrogen-bond donors (Lipinski definition) is 1. The zero-order chi connectivity index (χ0) is 12.9. The molecule has 18 heavy (non-hydrogen) atoms. The molecule has 98 valence electrons. The number of fused-ring (bicyclic) bond motifs is 1. The van der Waals surface area contributed by atoms with E-state index in [1.165, 1.54) is 16.2 Å². The van der Waals surface area contributed by atoms with E-state index in [1.807, 2.05) is 6.92 Å². The molecule has 1 aromatic rings. The second-order valence-electron chi connectivity index (χ2n) is 4.40. The van der Waals surface area contributed by atoms with Gasteiger partial charge in [-0.2, -0.15) is 0 Å². The van der Waals surface area contributed by atoms with E-state index in [1.54, 1.807) is 0 Å². The van der Waals surface area contributed by atoms with E-state index in [9.17, 15) is 13.2 Å². The fourth-order valence-electron chi connectivity index (χ4n) is 2.31. The maximum Gasteiger partial charge on any atom is 0.324 e. The lowest BCUT2D eigenvalue weighted by Crippen LogP contribution is -2.36. The van der Waals surface area contributed by atoms with Gasteiger partial charge in [0, 0.05) is 0 Å². The molecule has 2 atom stereocenters. The van der Waals surface area contributed by atoms with E-state index >= 15 is 0 Å². The number of urea groups is 1. The largest absolute Gasteiger partial charge is 0.332 e. The van der Waals surface area contributed by atoms with Gasteiger partial charge in [0.1, 0.15) is 5.01 Å². The Morgan fingerprint density at radius 2 is 2.22 bits per heavy atom. The van der Waals surface area contributed by atoms with Gasteiger partial charge in [-0.15, -0.1) is 10.2 Å². The van der Waals surface area contributed by atoms with Gasteiger partial charge in [-0.1, -0.05) is 18.3 Å². The summed E-state index contributed by atoms with van der Waals surface area (Å²) in [5.74, 6) is 0.0107. The van der Waals surface area contributed by atoms with Gasteiger partial charge in [0.05, 0.1) is 23.6 Å². The molecule has 3 heterocycles. The van der Waals surface area contributed by atoms with Gasteiger partial charge in [-0.05, 0) is 6.42 Å². The number of aryl methyl sites for hydroxylation is 1. The predicted octanol–water partition coefficient (Wildman–Crippen LogP) is -0.204. The SMILES string of the molecule is CCc1nnc(N2C(=O)N[C@@H]3CS(=O)(=O)C[C@@H]32)s1. The number of rotatable bonds is 2. The van der Waals surface area contributed by atoms with Crippen LogP contribution in [0.15, 0.2) is 0 Å². The maximum absolute atomic E-state index is 11.9. The second kappa shape index (κ2) is 3.89. The number of hydrogen-bond acceptors (Lipinski definition) is 6. The highest BCUT2D eigenvalue weighted by Crippen LogP contribution is 2.31. The molecule has 0 unspecified atom stereocenters. The van der Waals surface area contributed by atoms with Crippen LogP contribution < -0.4 is 10.2 Å². The Kier molecular flexibility index (Phi) is 2.56. The minimum Gasteiger partial charge on any atom is -0.332 e. The molecule has 0 saturated carbocycles. The Labute approximate surface area is 108 Å². The molecule has 0 radical (unpaired) electrons. The Morgan fingerprint density at radius 1 is 1.44 bits per heavy atom. The third-order valence-electron chi connectivity index (χ3n) is 3.15. The average Bonchev–Trinajstić information content (AvgIpc) is 2.90. The molecule has 0 spiro atoms. The summed E-state index contributed by atoms with van der Waals surface area (Å²) in [7, 11) is -3.07. The van der Waals surface area contributed by atoms with Crippen LogP contribution in [0.1, 0.15) is 11.9 Å². The van der Waals surface area contributed by atoms with Crippen LogP contribution in [0.3, 0.4) is 0 Å². The van der Waals surface area contributed by atoms with Gasteiger partial charge in [-0.25, -0.2) is 13.2 Å². The quantitative estimate of drug-likeness (QED) is 0.761. The molecule has 1 aromatic heterocycles. The monoisotopic (exact) mass is 288 g/mol. The smallest absolute Gasteiger partial charge is 0.324 e. The molecule has 2 amide bonds. The summed E-state index contributed by atoms with van der Waals surface area (Å²) in [6, 6.07) is -0.949. The number of carbonyl (C=O) groups is 1. The summed E-state index contributed by atoms with van der Waals surface area (Å²) in [5.41, 5.74) is 0. The van der Waals surface area contributed by atoms with Crippen LogP contribution in [0.2, 0.25) is 0 Å². The summed E-state index contributed by atoms with van der Waals surface area (Å²) in [6.45, 7) is 1.96. The van der Waals surface area contributed by atoms with Gasteiger partial charge in [0.15, 0.2) is 9.84 Å². The zero-order valence-electron chi connectivity index (χ0n) is 9.66. The Morgan fingerprint density at radius 3 is 2.89 bits per heavy atom. The summed E-state index contributed by atoms with van der Waals surface area (Å²) in [5, 5.41) is 11.9. The van der Waals surface area contributed by atoms with Crippen molar-refractivity contribution >= 4 is 32.3 Å². The van der Waals surface area contributed by atoms with Gasteiger partial charge >= 0.3 is 6.03 Å². The first-order valence-corrected chi connectivity index (χ1v) is 8.26. The minimum absolute atomic E-state index is 0.00253. The standard InChI is InChI=1S/C9H12N4O3S2/c1-2-7-11-12-9(17-7)13-6-4-18(15,16)3-5(6)10-8(13)14/h5-6H,2-4H2,1H3,(H,10,14)/t5-,6+/m1/s1. The molecule has 0 aromatic carbocycles. The topological polar surface area (TPSA) is 92.3 Å². The van der Waals surface area contributed by atoms with Crippen LogP contribution >= 0.6 is 11.3 Å². The molecule has 1 N–H and O–H groups in total. The number of nitrogens with one attached hydrogen (secondary N) is 1. The molecule has 7 nitrogen and oxygen atoms in total. The minimum atomic E-state index is -3.07. The fraction of sp³-hybridized carbons (Fsp3) is 0.667. The van der Waals surface area contributed by atoms with Crippen molar-refractivity contribution in [3.63, 3.8) is 0 Å².